The molecule has 0 atom stereocenters. The maximum atomic E-state index is 11.5. The van der Waals surface area contributed by atoms with E-state index in [1.165, 1.54) is 11.1 Å². The third-order valence-electron chi connectivity index (χ3n) is 3.76. The third kappa shape index (κ3) is 5.28. The van der Waals surface area contributed by atoms with E-state index in [4.69, 9.17) is 10.5 Å². The van der Waals surface area contributed by atoms with Gasteiger partial charge in [0, 0.05) is 18.8 Å². The smallest absolute Gasteiger partial charge is 0.411 e. The number of nitrogens with two attached hydrogens (primary N) is 1. The summed E-state index contributed by atoms with van der Waals surface area (Å²) in [6.45, 7) is 9.41. The van der Waals surface area contributed by atoms with Crippen molar-refractivity contribution in [1.82, 2.24) is 0 Å². The van der Waals surface area contributed by atoms with Gasteiger partial charge in [-0.05, 0) is 37.6 Å². The van der Waals surface area contributed by atoms with Crippen LogP contribution in [-0.4, -0.2) is 19.2 Å². The lowest BCUT2D eigenvalue weighted by atomic mass is 10.1. The Morgan fingerprint density at radius 1 is 1.28 bits per heavy atom. The number of ether oxygens (including phenoxy) is 1. The van der Waals surface area contributed by atoms with E-state index in [1.807, 2.05) is 18.2 Å². The molecule has 0 aromatic heterocycles. The molecule has 0 spiro atoms. The molecule has 0 radical (unpaired) electrons. The van der Waals surface area contributed by atoms with Crippen LogP contribution < -0.4 is 16.0 Å². The van der Waals surface area contributed by atoms with Gasteiger partial charge in [0.2, 0.25) is 0 Å². The number of nitrogens with zero attached hydrogens (tertiary/aromatic N) is 1. The largest absolute Gasteiger partial charge is 0.450 e. The highest BCUT2D eigenvalue weighted by atomic mass is 16.5. The molecule has 1 amide bonds. The number of amides is 1. The molecule has 2 aromatic carbocycles. The zero-order valence-electron chi connectivity index (χ0n) is 14.8. The number of hydrogen-bond donors (Lipinski definition) is 2. The Bertz CT molecular complexity index is 726. The summed E-state index contributed by atoms with van der Waals surface area (Å²) in [7, 11) is 0. The first-order valence-electron chi connectivity index (χ1n) is 8.28. The molecule has 25 heavy (non-hydrogen) atoms. The van der Waals surface area contributed by atoms with E-state index in [0.29, 0.717) is 24.5 Å². The first kappa shape index (κ1) is 18.4. The number of nitrogens with one attached hydrogen (secondary N) is 1. The minimum absolute atomic E-state index is 0.313. The van der Waals surface area contributed by atoms with Gasteiger partial charge in [-0.25, -0.2) is 4.79 Å². The van der Waals surface area contributed by atoms with Crippen LogP contribution >= 0.6 is 0 Å². The second kappa shape index (κ2) is 8.78. The third-order valence-corrected chi connectivity index (χ3v) is 3.76. The Kier molecular flexibility index (Phi) is 6.46. The van der Waals surface area contributed by atoms with Gasteiger partial charge in [-0.2, -0.15) is 0 Å². The topological polar surface area (TPSA) is 67.6 Å². The summed E-state index contributed by atoms with van der Waals surface area (Å²) in [5.74, 6) is 0. The van der Waals surface area contributed by atoms with Crippen LogP contribution in [0.4, 0.5) is 21.9 Å². The molecule has 0 aliphatic carbocycles. The molecule has 0 fully saturated rings. The number of rotatable bonds is 7. The second-order valence-electron chi connectivity index (χ2n) is 5.77. The van der Waals surface area contributed by atoms with Gasteiger partial charge in [-0.15, -0.1) is 6.58 Å². The van der Waals surface area contributed by atoms with Crippen molar-refractivity contribution in [2.75, 3.05) is 29.1 Å². The van der Waals surface area contributed by atoms with Crippen molar-refractivity contribution in [2.24, 2.45) is 0 Å². The SMILES string of the molecule is C=CCN(Cc1ccc(C)cc1)c1ccc(NC(=O)OCC)c(N)c1. The molecule has 0 saturated heterocycles. The van der Waals surface area contributed by atoms with Gasteiger partial charge in [-0.1, -0.05) is 35.9 Å². The van der Waals surface area contributed by atoms with Gasteiger partial charge < -0.3 is 15.4 Å². The van der Waals surface area contributed by atoms with Gasteiger partial charge in [0.05, 0.1) is 18.0 Å². The van der Waals surface area contributed by atoms with E-state index in [0.717, 1.165) is 12.2 Å². The normalized spacial score (nSPS) is 10.2. The van der Waals surface area contributed by atoms with E-state index in [-0.39, 0.29) is 0 Å². The Hall–Kier alpha value is -2.95. The lowest BCUT2D eigenvalue weighted by Crippen LogP contribution is -2.23. The lowest BCUT2D eigenvalue weighted by molar-refractivity contribution is 0.168. The number of carbonyl (C=O) groups excluding carboxylic acids is 1. The van der Waals surface area contributed by atoms with Crippen LogP contribution in [0.1, 0.15) is 18.1 Å². The fourth-order valence-electron chi connectivity index (χ4n) is 2.47. The van der Waals surface area contributed by atoms with Crippen LogP contribution in [0.2, 0.25) is 0 Å². The Labute approximate surface area is 149 Å². The number of anilines is 3. The molecule has 5 heteroatoms. The minimum Gasteiger partial charge on any atom is -0.450 e. The molecule has 2 rings (SSSR count). The standard InChI is InChI=1S/C20H25N3O2/c1-4-12-23(14-16-8-6-15(3)7-9-16)17-10-11-19(18(21)13-17)22-20(24)25-5-2/h4,6-11,13H,1,5,12,14,21H2,2-3H3,(H,22,24). The van der Waals surface area contributed by atoms with Crippen LogP contribution in [0.3, 0.4) is 0 Å². The molecule has 0 unspecified atom stereocenters. The number of aryl methyl sites for hydroxylation is 1. The molecule has 5 nitrogen and oxygen atoms in total. The molecule has 3 N–H and O–H groups in total. The molecule has 0 heterocycles. The Morgan fingerprint density at radius 3 is 2.60 bits per heavy atom. The van der Waals surface area contributed by atoms with Crippen LogP contribution in [0.15, 0.2) is 55.1 Å². The quantitative estimate of drug-likeness (QED) is 0.582. The maximum absolute atomic E-state index is 11.5. The average Bonchev–Trinajstić information content (AvgIpc) is 2.58. The summed E-state index contributed by atoms with van der Waals surface area (Å²) in [6, 6.07) is 14.0. The van der Waals surface area contributed by atoms with Crippen LogP contribution in [0.25, 0.3) is 0 Å². The van der Waals surface area contributed by atoms with E-state index < -0.39 is 6.09 Å². The van der Waals surface area contributed by atoms with Gasteiger partial charge in [-0.3, -0.25) is 5.32 Å². The van der Waals surface area contributed by atoms with Gasteiger partial charge in [0.15, 0.2) is 0 Å². The molecule has 2 aromatic rings. The first-order valence-corrected chi connectivity index (χ1v) is 8.28. The van der Waals surface area contributed by atoms with Crippen molar-refractivity contribution in [3.05, 3.63) is 66.2 Å². The highest BCUT2D eigenvalue weighted by Crippen LogP contribution is 2.26. The summed E-state index contributed by atoms with van der Waals surface area (Å²) in [4.78, 5) is 13.7. The summed E-state index contributed by atoms with van der Waals surface area (Å²) < 4.78 is 4.88. The summed E-state index contributed by atoms with van der Waals surface area (Å²) in [5.41, 5.74) is 10.5. The van der Waals surface area contributed by atoms with Crippen molar-refractivity contribution in [2.45, 2.75) is 20.4 Å². The van der Waals surface area contributed by atoms with E-state index in [1.54, 1.807) is 13.0 Å². The van der Waals surface area contributed by atoms with Crippen LogP contribution in [-0.2, 0) is 11.3 Å². The molecule has 0 aliphatic rings. The summed E-state index contributed by atoms with van der Waals surface area (Å²) in [6.07, 6.45) is 1.35. The van der Waals surface area contributed by atoms with Gasteiger partial charge >= 0.3 is 6.09 Å². The Morgan fingerprint density at radius 2 is 2.00 bits per heavy atom. The highest BCUT2D eigenvalue weighted by molar-refractivity contribution is 5.89. The fourth-order valence-corrected chi connectivity index (χ4v) is 2.47. The molecular weight excluding hydrogens is 314 g/mol. The van der Waals surface area contributed by atoms with Crippen molar-refractivity contribution in [3.8, 4) is 0 Å². The molecule has 0 bridgehead atoms. The van der Waals surface area contributed by atoms with Gasteiger partial charge in [0.1, 0.15) is 0 Å². The summed E-state index contributed by atoms with van der Waals surface area (Å²) >= 11 is 0. The first-order chi connectivity index (χ1) is 12.0. The monoisotopic (exact) mass is 339 g/mol. The Balaban J connectivity index is 2.17. The van der Waals surface area contributed by atoms with Crippen molar-refractivity contribution in [3.63, 3.8) is 0 Å². The number of benzene rings is 2. The van der Waals surface area contributed by atoms with E-state index in [9.17, 15) is 4.79 Å². The van der Waals surface area contributed by atoms with Crippen molar-refractivity contribution >= 4 is 23.2 Å². The zero-order chi connectivity index (χ0) is 18.2. The number of nitrogen functional groups attached to an aromatic ring is 1. The molecular formula is C20H25N3O2. The predicted octanol–water partition coefficient (Wildman–Crippen LogP) is 4.34. The molecule has 0 saturated carbocycles. The lowest BCUT2D eigenvalue weighted by Gasteiger charge is -2.24. The number of hydrogen-bond acceptors (Lipinski definition) is 4. The van der Waals surface area contributed by atoms with Crippen molar-refractivity contribution < 1.29 is 9.53 Å². The van der Waals surface area contributed by atoms with Crippen molar-refractivity contribution in [1.29, 1.82) is 0 Å². The minimum atomic E-state index is -0.510. The second-order valence-corrected chi connectivity index (χ2v) is 5.77. The summed E-state index contributed by atoms with van der Waals surface area (Å²) in [5, 5.41) is 2.64. The fraction of sp³-hybridized carbons (Fsp3) is 0.250. The predicted molar refractivity (Wildman–Crippen MR) is 104 cm³/mol. The zero-order valence-corrected chi connectivity index (χ0v) is 14.8. The van der Waals surface area contributed by atoms with E-state index >= 15 is 0 Å². The maximum Gasteiger partial charge on any atom is 0.411 e. The molecule has 0 aliphatic heterocycles. The van der Waals surface area contributed by atoms with Gasteiger partial charge in [0.25, 0.3) is 0 Å². The van der Waals surface area contributed by atoms with Crippen LogP contribution in [0, 0.1) is 6.92 Å². The average molecular weight is 339 g/mol. The highest BCUT2D eigenvalue weighted by Gasteiger charge is 2.10. The van der Waals surface area contributed by atoms with E-state index in [2.05, 4.69) is 48.0 Å². The molecule has 132 valence electrons. The number of carbonyl (C=O) groups is 1. The van der Waals surface area contributed by atoms with Crippen LogP contribution in [0.5, 0.6) is 0 Å².